The van der Waals surface area contributed by atoms with Crippen LogP contribution in [0.25, 0.3) is 0 Å². The summed E-state index contributed by atoms with van der Waals surface area (Å²) in [5.74, 6) is 2.31. The van der Waals surface area contributed by atoms with E-state index in [4.69, 9.17) is 0 Å². The Labute approximate surface area is 91.4 Å². The third-order valence-corrected chi connectivity index (χ3v) is 4.06. The first-order valence-corrected chi connectivity index (χ1v) is 5.87. The van der Waals surface area contributed by atoms with Gasteiger partial charge in [-0.05, 0) is 31.6 Å². The van der Waals surface area contributed by atoms with Crippen LogP contribution in [0.15, 0.2) is 0 Å². The van der Waals surface area contributed by atoms with Crippen LogP contribution < -0.4 is 0 Å². The first kappa shape index (κ1) is 10.8. The third-order valence-electron chi connectivity index (χ3n) is 4.06. The summed E-state index contributed by atoms with van der Waals surface area (Å²) in [5.41, 5.74) is -0.208. The van der Waals surface area contributed by atoms with Crippen LogP contribution in [0.4, 0.5) is 0 Å². The van der Waals surface area contributed by atoms with Crippen molar-refractivity contribution in [1.82, 2.24) is 0 Å². The number of carbonyl (C=O) groups excluding carboxylic acids is 2. The molecule has 0 radical (unpaired) electrons. The molecule has 2 aliphatic carbocycles. The van der Waals surface area contributed by atoms with E-state index in [1.165, 1.54) is 0 Å². The number of hydrogen-bond acceptors (Lipinski definition) is 2. The molecule has 2 aliphatic rings. The van der Waals surface area contributed by atoms with Gasteiger partial charge in [0.1, 0.15) is 11.6 Å². The molecule has 2 fully saturated rings. The Kier molecular flexibility index (Phi) is 2.29. The summed E-state index contributed by atoms with van der Waals surface area (Å²) in [7, 11) is 0. The van der Waals surface area contributed by atoms with Gasteiger partial charge in [0.25, 0.3) is 0 Å². The molecule has 15 heavy (non-hydrogen) atoms. The summed E-state index contributed by atoms with van der Waals surface area (Å²) in [5, 5.41) is 0. The van der Waals surface area contributed by atoms with Gasteiger partial charge >= 0.3 is 0 Å². The molecule has 0 spiro atoms. The average Bonchev–Trinajstić information content (AvgIpc) is 2.55. The van der Waals surface area contributed by atoms with Crippen LogP contribution in [-0.4, -0.2) is 11.6 Å². The van der Waals surface area contributed by atoms with Gasteiger partial charge in [0, 0.05) is 17.3 Å². The van der Waals surface area contributed by atoms with Gasteiger partial charge in [-0.1, -0.05) is 20.8 Å². The molecule has 2 nitrogen and oxygen atoms in total. The summed E-state index contributed by atoms with van der Waals surface area (Å²) < 4.78 is 0. The van der Waals surface area contributed by atoms with Crippen LogP contribution in [0, 0.1) is 29.1 Å². The Morgan fingerprint density at radius 2 is 1.53 bits per heavy atom. The van der Waals surface area contributed by atoms with Gasteiger partial charge in [0.15, 0.2) is 0 Å². The minimum Gasteiger partial charge on any atom is -0.300 e. The topological polar surface area (TPSA) is 34.1 Å². The molecule has 4 atom stereocenters. The molecule has 0 bridgehead atoms. The molecule has 84 valence electrons. The van der Waals surface area contributed by atoms with Gasteiger partial charge < -0.3 is 0 Å². The predicted molar refractivity (Wildman–Crippen MR) is 58.3 cm³/mol. The van der Waals surface area contributed by atoms with Crippen molar-refractivity contribution in [3.05, 3.63) is 0 Å². The number of ketones is 2. The number of fused-ring (bicyclic) bond motifs is 1. The standard InChI is InChI=1S/C13H20O2/c1-7(14)8-5-9-10(6-8)11(9)12(15)13(2,3)4/h8-11H,5-6H2,1-4H3/t8?,9-,10+,11?. The maximum Gasteiger partial charge on any atom is 0.141 e. The van der Waals surface area contributed by atoms with Crippen molar-refractivity contribution in [3.8, 4) is 0 Å². The highest BCUT2D eigenvalue weighted by Crippen LogP contribution is 2.61. The molecule has 0 aromatic rings. The van der Waals surface area contributed by atoms with Crippen molar-refractivity contribution >= 4 is 11.6 Å². The second-order valence-electron chi connectivity index (χ2n) is 6.25. The first-order valence-electron chi connectivity index (χ1n) is 5.87. The van der Waals surface area contributed by atoms with Crippen LogP contribution in [0.2, 0.25) is 0 Å². The molecule has 2 heteroatoms. The highest BCUT2D eigenvalue weighted by Gasteiger charge is 2.61. The maximum absolute atomic E-state index is 12.0. The van der Waals surface area contributed by atoms with Gasteiger partial charge in [0.2, 0.25) is 0 Å². The van der Waals surface area contributed by atoms with Gasteiger partial charge in [-0.3, -0.25) is 9.59 Å². The summed E-state index contributed by atoms with van der Waals surface area (Å²) >= 11 is 0. The Morgan fingerprint density at radius 3 is 1.87 bits per heavy atom. The summed E-state index contributed by atoms with van der Waals surface area (Å²) in [6, 6.07) is 0. The molecule has 0 N–H and O–H groups in total. The van der Waals surface area contributed by atoms with E-state index in [0.717, 1.165) is 12.8 Å². The SMILES string of the molecule is CC(=O)C1C[C@@H]2C(C(=O)C(C)(C)C)[C@@H]2C1. The Balaban J connectivity index is 1.95. The molecule has 0 aromatic heterocycles. The lowest BCUT2D eigenvalue weighted by Crippen LogP contribution is -2.25. The van der Waals surface area contributed by atoms with E-state index < -0.39 is 0 Å². The largest absolute Gasteiger partial charge is 0.300 e. The second kappa shape index (κ2) is 3.16. The van der Waals surface area contributed by atoms with Crippen molar-refractivity contribution in [2.24, 2.45) is 29.1 Å². The van der Waals surface area contributed by atoms with Crippen molar-refractivity contribution < 1.29 is 9.59 Å². The van der Waals surface area contributed by atoms with Crippen LogP contribution >= 0.6 is 0 Å². The minimum atomic E-state index is -0.208. The Morgan fingerprint density at radius 1 is 1.07 bits per heavy atom. The van der Waals surface area contributed by atoms with E-state index in [0.29, 0.717) is 23.4 Å². The predicted octanol–water partition coefficient (Wildman–Crippen LogP) is 2.46. The molecule has 2 unspecified atom stereocenters. The molecule has 0 heterocycles. The molecular weight excluding hydrogens is 188 g/mol. The second-order valence-corrected chi connectivity index (χ2v) is 6.25. The fourth-order valence-corrected chi connectivity index (χ4v) is 3.06. The summed E-state index contributed by atoms with van der Waals surface area (Å²) in [6.45, 7) is 7.65. The lowest BCUT2D eigenvalue weighted by molar-refractivity contribution is -0.129. The number of hydrogen-bond donors (Lipinski definition) is 0. The highest BCUT2D eigenvalue weighted by atomic mass is 16.1. The fourth-order valence-electron chi connectivity index (χ4n) is 3.06. The van der Waals surface area contributed by atoms with Crippen molar-refractivity contribution in [2.45, 2.75) is 40.5 Å². The van der Waals surface area contributed by atoms with E-state index in [1.54, 1.807) is 6.92 Å². The van der Waals surface area contributed by atoms with E-state index in [9.17, 15) is 9.59 Å². The normalized spacial score (nSPS) is 38.7. The average molecular weight is 208 g/mol. The lowest BCUT2D eigenvalue weighted by atomic mass is 9.84. The van der Waals surface area contributed by atoms with Crippen LogP contribution in [0.5, 0.6) is 0 Å². The lowest BCUT2D eigenvalue weighted by Gasteiger charge is -2.19. The van der Waals surface area contributed by atoms with Crippen LogP contribution in [0.3, 0.4) is 0 Å². The monoisotopic (exact) mass is 208 g/mol. The number of Topliss-reactive ketones (excluding diaryl/α,β-unsaturated/α-hetero) is 2. The zero-order valence-electron chi connectivity index (χ0n) is 10.0. The van der Waals surface area contributed by atoms with Gasteiger partial charge in [-0.2, -0.15) is 0 Å². The third kappa shape index (κ3) is 1.75. The first-order chi connectivity index (χ1) is 6.82. The number of carbonyl (C=O) groups is 2. The molecule has 0 aromatic carbocycles. The van der Waals surface area contributed by atoms with E-state index in [2.05, 4.69) is 0 Å². The molecular formula is C13H20O2. The summed E-state index contributed by atoms with van der Waals surface area (Å²) in [4.78, 5) is 23.2. The van der Waals surface area contributed by atoms with Crippen LogP contribution in [0.1, 0.15) is 40.5 Å². The maximum atomic E-state index is 12.0. The summed E-state index contributed by atoms with van der Waals surface area (Å²) in [6.07, 6.45) is 1.93. The van der Waals surface area contributed by atoms with E-state index >= 15 is 0 Å². The van der Waals surface area contributed by atoms with E-state index in [1.807, 2.05) is 20.8 Å². The molecule has 2 saturated carbocycles. The Hall–Kier alpha value is -0.660. The van der Waals surface area contributed by atoms with Crippen molar-refractivity contribution in [3.63, 3.8) is 0 Å². The number of rotatable bonds is 2. The quantitative estimate of drug-likeness (QED) is 0.698. The minimum absolute atomic E-state index is 0.208. The molecule has 0 aliphatic heterocycles. The van der Waals surface area contributed by atoms with Gasteiger partial charge in [-0.25, -0.2) is 0 Å². The molecule has 0 saturated heterocycles. The van der Waals surface area contributed by atoms with Crippen LogP contribution in [-0.2, 0) is 9.59 Å². The fraction of sp³-hybridized carbons (Fsp3) is 0.846. The Bertz CT molecular complexity index is 299. The van der Waals surface area contributed by atoms with Crippen molar-refractivity contribution in [1.29, 1.82) is 0 Å². The van der Waals surface area contributed by atoms with Crippen molar-refractivity contribution in [2.75, 3.05) is 0 Å². The zero-order valence-corrected chi connectivity index (χ0v) is 10.0. The molecule has 0 amide bonds. The van der Waals surface area contributed by atoms with Gasteiger partial charge in [0.05, 0.1) is 0 Å². The highest BCUT2D eigenvalue weighted by molar-refractivity contribution is 5.90. The zero-order chi connectivity index (χ0) is 11.4. The van der Waals surface area contributed by atoms with Gasteiger partial charge in [-0.15, -0.1) is 0 Å². The smallest absolute Gasteiger partial charge is 0.141 e. The van der Waals surface area contributed by atoms with E-state index in [-0.39, 0.29) is 17.3 Å². The molecule has 2 rings (SSSR count).